The fourth-order valence-corrected chi connectivity index (χ4v) is 1.68. The molecule has 0 saturated carbocycles. The van der Waals surface area contributed by atoms with Gasteiger partial charge in [-0.2, -0.15) is 18.2 Å². The van der Waals surface area contributed by atoms with Gasteiger partial charge in [-0.05, 0) is 25.6 Å². The van der Waals surface area contributed by atoms with Crippen LogP contribution in [-0.4, -0.2) is 34.3 Å². The third kappa shape index (κ3) is 5.95. The summed E-state index contributed by atoms with van der Waals surface area (Å²) in [5.41, 5.74) is -3.43. The summed E-state index contributed by atoms with van der Waals surface area (Å²) in [6.07, 6.45) is 0. The van der Waals surface area contributed by atoms with Crippen LogP contribution in [0.25, 0.3) is 0 Å². The molecule has 1 aromatic heterocycles. The molecule has 0 bridgehead atoms. The predicted octanol–water partition coefficient (Wildman–Crippen LogP) is 2.88. The Morgan fingerprint density at radius 1 is 1.28 bits per heavy atom. The second kappa shape index (κ2) is 6.67. The van der Waals surface area contributed by atoms with Crippen molar-refractivity contribution in [2.45, 2.75) is 19.4 Å². The number of anilines is 2. The number of thioether (sulfide) groups is 1. The predicted molar refractivity (Wildman–Crippen MR) is 67.9 cm³/mol. The summed E-state index contributed by atoms with van der Waals surface area (Å²) in [5, 5.41) is 5.80. The van der Waals surface area contributed by atoms with E-state index in [9.17, 15) is 13.2 Å². The SMILES string of the molecule is CCNc1nc(C)cc(NCCSC(F)(F)F)n1. The van der Waals surface area contributed by atoms with Crippen LogP contribution < -0.4 is 10.6 Å². The Kier molecular flexibility index (Phi) is 5.52. The first kappa shape index (κ1) is 14.9. The lowest BCUT2D eigenvalue weighted by Gasteiger charge is -2.09. The van der Waals surface area contributed by atoms with Gasteiger partial charge in [-0.1, -0.05) is 0 Å². The smallest absolute Gasteiger partial charge is 0.369 e. The van der Waals surface area contributed by atoms with Crippen LogP contribution in [0.2, 0.25) is 0 Å². The number of alkyl halides is 3. The van der Waals surface area contributed by atoms with Gasteiger partial charge >= 0.3 is 5.51 Å². The third-order valence-corrected chi connectivity index (χ3v) is 2.60. The molecule has 0 aliphatic carbocycles. The van der Waals surface area contributed by atoms with E-state index in [2.05, 4.69) is 20.6 Å². The highest BCUT2D eigenvalue weighted by molar-refractivity contribution is 8.00. The minimum absolute atomic E-state index is 0.0501. The summed E-state index contributed by atoms with van der Waals surface area (Å²) in [5.74, 6) is 0.952. The molecule has 0 spiro atoms. The van der Waals surface area contributed by atoms with Gasteiger partial charge < -0.3 is 10.6 Å². The second-order valence-electron chi connectivity index (χ2n) is 3.47. The maximum Gasteiger partial charge on any atom is 0.441 e. The molecule has 0 unspecified atom stereocenters. The normalized spacial score (nSPS) is 11.4. The number of aryl methyl sites for hydroxylation is 1. The summed E-state index contributed by atoms with van der Waals surface area (Å²) in [4.78, 5) is 8.28. The molecular formula is C10H15F3N4S. The van der Waals surface area contributed by atoms with Crippen molar-refractivity contribution in [3.05, 3.63) is 11.8 Å². The van der Waals surface area contributed by atoms with E-state index in [4.69, 9.17) is 0 Å². The number of halogens is 3. The Hall–Kier alpha value is -1.18. The van der Waals surface area contributed by atoms with E-state index in [1.165, 1.54) is 0 Å². The monoisotopic (exact) mass is 280 g/mol. The van der Waals surface area contributed by atoms with Gasteiger partial charge in [0.15, 0.2) is 0 Å². The quantitative estimate of drug-likeness (QED) is 0.785. The first-order chi connectivity index (χ1) is 8.40. The zero-order valence-corrected chi connectivity index (χ0v) is 11.0. The molecule has 1 rings (SSSR count). The lowest BCUT2D eigenvalue weighted by Crippen LogP contribution is -2.12. The number of aromatic nitrogens is 2. The van der Waals surface area contributed by atoms with Crippen molar-refractivity contribution in [2.24, 2.45) is 0 Å². The molecule has 1 aromatic rings. The molecule has 0 saturated heterocycles. The van der Waals surface area contributed by atoms with Crippen molar-refractivity contribution in [1.29, 1.82) is 0 Å². The zero-order valence-electron chi connectivity index (χ0n) is 10.1. The topological polar surface area (TPSA) is 49.8 Å². The van der Waals surface area contributed by atoms with Crippen LogP contribution in [0.5, 0.6) is 0 Å². The molecule has 0 aliphatic heterocycles. The number of nitrogens with zero attached hydrogens (tertiary/aromatic N) is 2. The Labute approximate surface area is 108 Å². The number of rotatable bonds is 6. The highest BCUT2D eigenvalue weighted by atomic mass is 32.2. The molecular weight excluding hydrogens is 265 g/mol. The highest BCUT2D eigenvalue weighted by Crippen LogP contribution is 2.29. The van der Waals surface area contributed by atoms with Crippen LogP contribution in [0.1, 0.15) is 12.6 Å². The van der Waals surface area contributed by atoms with Crippen molar-refractivity contribution >= 4 is 23.5 Å². The summed E-state index contributed by atoms with van der Waals surface area (Å²) in [6, 6.07) is 1.69. The molecule has 18 heavy (non-hydrogen) atoms. The minimum Gasteiger partial charge on any atom is -0.369 e. The maximum atomic E-state index is 11.9. The van der Waals surface area contributed by atoms with E-state index in [1.54, 1.807) is 13.0 Å². The average molecular weight is 280 g/mol. The van der Waals surface area contributed by atoms with Crippen LogP contribution in [0.15, 0.2) is 6.07 Å². The van der Waals surface area contributed by atoms with Crippen LogP contribution in [0.4, 0.5) is 24.9 Å². The van der Waals surface area contributed by atoms with Crippen LogP contribution in [0, 0.1) is 6.92 Å². The first-order valence-corrected chi connectivity index (χ1v) is 6.43. The van der Waals surface area contributed by atoms with Crippen molar-refractivity contribution < 1.29 is 13.2 Å². The van der Waals surface area contributed by atoms with Gasteiger partial charge in [0, 0.05) is 30.6 Å². The van der Waals surface area contributed by atoms with E-state index >= 15 is 0 Å². The van der Waals surface area contributed by atoms with Crippen LogP contribution in [0.3, 0.4) is 0 Å². The molecule has 0 aliphatic rings. The summed E-state index contributed by atoms with van der Waals surface area (Å²) < 4.78 is 35.7. The van der Waals surface area contributed by atoms with Crippen molar-refractivity contribution in [1.82, 2.24) is 9.97 Å². The fraction of sp³-hybridized carbons (Fsp3) is 0.600. The summed E-state index contributed by atoms with van der Waals surface area (Å²) in [6.45, 7) is 4.61. The lowest BCUT2D eigenvalue weighted by atomic mass is 10.4. The molecule has 0 fully saturated rings. The molecule has 0 amide bonds. The van der Waals surface area contributed by atoms with Gasteiger partial charge in [0.2, 0.25) is 5.95 Å². The molecule has 0 radical (unpaired) electrons. The van der Waals surface area contributed by atoms with Crippen LogP contribution >= 0.6 is 11.8 Å². The maximum absolute atomic E-state index is 11.9. The van der Waals surface area contributed by atoms with Crippen molar-refractivity contribution in [3.8, 4) is 0 Å². The number of hydrogen-bond acceptors (Lipinski definition) is 5. The molecule has 4 nitrogen and oxygen atoms in total. The molecule has 2 N–H and O–H groups in total. The van der Waals surface area contributed by atoms with E-state index in [0.29, 0.717) is 18.3 Å². The van der Waals surface area contributed by atoms with Gasteiger partial charge in [-0.15, -0.1) is 0 Å². The molecule has 102 valence electrons. The molecule has 0 atom stereocenters. The van der Waals surface area contributed by atoms with Gasteiger partial charge in [-0.3, -0.25) is 0 Å². The second-order valence-corrected chi connectivity index (χ2v) is 4.63. The largest absolute Gasteiger partial charge is 0.441 e. The first-order valence-electron chi connectivity index (χ1n) is 5.45. The lowest BCUT2D eigenvalue weighted by molar-refractivity contribution is -0.0327. The summed E-state index contributed by atoms with van der Waals surface area (Å²) >= 11 is -0.0501. The Morgan fingerprint density at radius 2 is 2.00 bits per heavy atom. The van der Waals surface area contributed by atoms with E-state index in [-0.39, 0.29) is 24.1 Å². The fourth-order valence-electron chi connectivity index (χ4n) is 1.24. The number of nitrogens with one attached hydrogen (secondary N) is 2. The Morgan fingerprint density at radius 3 is 2.61 bits per heavy atom. The van der Waals surface area contributed by atoms with E-state index in [1.807, 2.05) is 6.92 Å². The zero-order chi connectivity index (χ0) is 13.6. The van der Waals surface area contributed by atoms with Gasteiger partial charge in [-0.25, -0.2) is 4.98 Å². The van der Waals surface area contributed by atoms with E-state index < -0.39 is 5.51 Å². The average Bonchev–Trinajstić information content (AvgIpc) is 2.23. The highest BCUT2D eigenvalue weighted by Gasteiger charge is 2.27. The molecule has 1 heterocycles. The molecule has 8 heteroatoms. The molecule has 0 aromatic carbocycles. The van der Waals surface area contributed by atoms with Gasteiger partial charge in [0.1, 0.15) is 5.82 Å². The number of hydrogen-bond donors (Lipinski definition) is 2. The Balaban J connectivity index is 2.46. The minimum atomic E-state index is -4.18. The van der Waals surface area contributed by atoms with Gasteiger partial charge in [0.25, 0.3) is 0 Å². The summed E-state index contributed by atoms with van der Waals surface area (Å²) in [7, 11) is 0. The standard InChI is InChI=1S/C10H15F3N4S/c1-3-14-9-16-7(2)6-8(17-9)15-4-5-18-10(11,12)13/h6H,3-5H2,1-2H3,(H2,14,15,16,17). The van der Waals surface area contributed by atoms with Gasteiger partial charge in [0.05, 0.1) is 0 Å². The Bertz CT molecular complexity index is 384. The van der Waals surface area contributed by atoms with Crippen molar-refractivity contribution in [3.63, 3.8) is 0 Å². The van der Waals surface area contributed by atoms with Crippen LogP contribution in [-0.2, 0) is 0 Å². The van der Waals surface area contributed by atoms with E-state index in [0.717, 1.165) is 5.69 Å². The van der Waals surface area contributed by atoms with Crippen molar-refractivity contribution in [2.75, 3.05) is 29.5 Å². The third-order valence-electron chi connectivity index (χ3n) is 1.86.